The first-order valence-electron chi connectivity index (χ1n) is 8.06. The number of rotatable bonds is 5. The number of imidazole rings is 1. The van der Waals surface area contributed by atoms with Gasteiger partial charge < -0.3 is 10.7 Å². The summed E-state index contributed by atoms with van der Waals surface area (Å²) in [5.41, 5.74) is 7.64. The number of aromatic nitrogens is 4. The number of hydrogen-bond acceptors (Lipinski definition) is 5. The molecule has 26 heavy (non-hydrogen) atoms. The van der Waals surface area contributed by atoms with E-state index < -0.39 is 15.9 Å². The molecule has 0 radical (unpaired) electrons. The number of benzene rings is 1. The number of hydrogen-bond donors (Lipinski definition) is 4. The highest BCUT2D eigenvalue weighted by Crippen LogP contribution is 2.22. The summed E-state index contributed by atoms with van der Waals surface area (Å²) in [5, 5.41) is 0.402. The summed E-state index contributed by atoms with van der Waals surface area (Å²) in [6.45, 7) is 3.88. The van der Waals surface area contributed by atoms with Gasteiger partial charge in [-0.3, -0.25) is 9.12 Å². The Morgan fingerprint density at radius 1 is 1.38 bits per heavy atom. The van der Waals surface area contributed by atoms with E-state index in [4.69, 9.17) is 17.3 Å². The summed E-state index contributed by atoms with van der Waals surface area (Å²) in [6.07, 6.45) is 0.499. The van der Waals surface area contributed by atoms with Crippen molar-refractivity contribution in [2.75, 3.05) is 11.5 Å². The molecule has 0 spiro atoms. The standard InChI is InChI=1S/C16H20ClN5O3S/c1-3-6-26(24,25)15-20-13(18)12-14(21-15)22(16(23)19-12)8-10-4-5-11(17)9(2)7-10/h4-5,7,26H,3,6,8H2,1-2H3,(H,19,23)(H,24,25)(H2,18,20,21). The Hall–Kier alpha value is -2.23. The molecule has 4 N–H and O–H groups in total. The maximum absolute atomic E-state index is 12.4. The molecule has 8 nitrogen and oxygen atoms in total. The molecule has 0 aliphatic rings. The lowest BCUT2D eigenvalue weighted by molar-refractivity contribution is 0.528. The summed E-state index contributed by atoms with van der Waals surface area (Å²) in [6, 6.07) is 5.43. The van der Waals surface area contributed by atoms with Crippen LogP contribution in [0, 0.1) is 6.92 Å². The normalized spacial score (nSPS) is 12.6. The minimum atomic E-state index is -3.73. The van der Waals surface area contributed by atoms with E-state index >= 15 is 0 Å². The van der Waals surface area contributed by atoms with Crippen molar-refractivity contribution in [2.24, 2.45) is 0 Å². The van der Waals surface area contributed by atoms with Gasteiger partial charge >= 0.3 is 5.69 Å². The van der Waals surface area contributed by atoms with Gasteiger partial charge in [0.25, 0.3) is 0 Å². The number of aromatic amines is 1. The first-order chi connectivity index (χ1) is 12.2. The van der Waals surface area contributed by atoms with Crippen LogP contribution < -0.4 is 11.4 Å². The maximum Gasteiger partial charge on any atom is 0.328 e. The van der Waals surface area contributed by atoms with Crippen molar-refractivity contribution in [3.63, 3.8) is 0 Å². The van der Waals surface area contributed by atoms with Crippen molar-refractivity contribution in [1.29, 1.82) is 0 Å². The van der Waals surface area contributed by atoms with Crippen molar-refractivity contribution in [3.05, 3.63) is 44.8 Å². The summed E-state index contributed by atoms with van der Waals surface area (Å²) in [5.74, 6) is 0.0155. The van der Waals surface area contributed by atoms with Crippen molar-refractivity contribution in [1.82, 2.24) is 19.5 Å². The lowest BCUT2D eigenvalue weighted by atomic mass is 10.1. The van der Waals surface area contributed by atoms with Gasteiger partial charge in [-0.25, -0.2) is 9.00 Å². The van der Waals surface area contributed by atoms with Gasteiger partial charge in [-0.1, -0.05) is 30.7 Å². The molecule has 0 bridgehead atoms. The molecular weight excluding hydrogens is 378 g/mol. The number of nitrogens with two attached hydrogens (primary N) is 1. The highest BCUT2D eigenvalue weighted by molar-refractivity contribution is 7.97. The molecule has 0 fully saturated rings. The minimum absolute atomic E-state index is 0.0292. The number of halogens is 1. The number of nitrogens with zero attached hydrogens (tertiary/aromatic N) is 3. The Bertz CT molecular complexity index is 1090. The van der Waals surface area contributed by atoms with Crippen LogP contribution in [0.25, 0.3) is 11.2 Å². The highest BCUT2D eigenvalue weighted by atomic mass is 35.5. The summed E-state index contributed by atoms with van der Waals surface area (Å²) in [7, 11) is -3.73. The van der Waals surface area contributed by atoms with Crippen LogP contribution in [0.4, 0.5) is 5.82 Å². The average Bonchev–Trinajstić information content (AvgIpc) is 2.88. The average molecular weight is 398 g/mol. The zero-order valence-electron chi connectivity index (χ0n) is 14.4. The molecule has 1 aromatic carbocycles. The van der Waals surface area contributed by atoms with Crippen molar-refractivity contribution in [3.8, 4) is 0 Å². The number of H-pyrrole nitrogens is 1. The van der Waals surface area contributed by atoms with Gasteiger partial charge in [0, 0.05) is 10.8 Å². The monoisotopic (exact) mass is 397 g/mol. The molecular formula is C16H20ClN5O3S. The van der Waals surface area contributed by atoms with Gasteiger partial charge in [0.1, 0.15) is 5.52 Å². The maximum atomic E-state index is 12.4. The molecule has 0 aliphatic heterocycles. The van der Waals surface area contributed by atoms with Crippen LogP contribution in [0.15, 0.2) is 28.2 Å². The van der Waals surface area contributed by atoms with E-state index in [9.17, 15) is 13.6 Å². The Morgan fingerprint density at radius 3 is 2.77 bits per heavy atom. The third-order valence-electron chi connectivity index (χ3n) is 4.04. The molecule has 0 saturated carbocycles. The van der Waals surface area contributed by atoms with E-state index in [1.54, 1.807) is 19.1 Å². The third kappa shape index (κ3) is 3.37. The van der Waals surface area contributed by atoms with Crippen LogP contribution in [0.5, 0.6) is 0 Å². The second-order valence-electron chi connectivity index (χ2n) is 6.13. The van der Waals surface area contributed by atoms with Gasteiger partial charge in [-0.2, -0.15) is 9.97 Å². The van der Waals surface area contributed by atoms with E-state index in [1.165, 1.54) is 4.57 Å². The van der Waals surface area contributed by atoms with Crippen LogP contribution >= 0.6 is 11.6 Å². The number of aryl methyl sites for hydroxylation is 1. The number of nitrogen functional groups attached to an aromatic ring is 1. The zero-order valence-corrected chi connectivity index (χ0v) is 16.0. The molecule has 140 valence electrons. The number of nitrogens with one attached hydrogen (secondary N) is 1. The number of fused-ring (bicyclic) bond motifs is 1. The van der Waals surface area contributed by atoms with Gasteiger partial charge in [0.15, 0.2) is 11.5 Å². The van der Waals surface area contributed by atoms with E-state index in [2.05, 4.69) is 15.0 Å². The molecule has 0 atom stereocenters. The van der Waals surface area contributed by atoms with E-state index in [-0.39, 0.29) is 34.4 Å². The van der Waals surface area contributed by atoms with Gasteiger partial charge in [-0.05, 0) is 30.5 Å². The zero-order chi connectivity index (χ0) is 19.1. The first-order valence-corrected chi connectivity index (χ1v) is 10.3. The van der Waals surface area contributed by atoms with Crippen molar-refractivity contribution >= 4 is 38.8 Å². The molecule has 0 unspecified atom stereocenters. The fourth-order valence-corrected chi connectivity index (χ4v) is 4.17. The quantitative estimate of drug-likeness (QED) is 0.385. The molecule has 2 heterocycles. The van der Waals surface area contributed by atoms with Gasteiger partial charge in [-0.15, -0.1) is 10.2 Å². The van der Waals surface area contributed by atoms with E-state index in [0.29, 0.717) is 11.4 Å². The summed E-state index contributed by atoms with van der Waals surface area (Å²) < 4.78 is 24.0. The Balaban J connectivity index is 2.14. The predicted octanol–water partition coefficient (Wildman–Crippen LogP) is 1.97. The lowest BCUT2D eigenvalue weighted by Crippen LogP contribution is -2.21. The topological polar surface area (TPSA) is 127 Å². The van der Waals surface area contributed by atoms with Crippen LogP contribution in [0.3, 0.4) is 0 Å². The Kier molecular flexibility index (Phi) is 4.87. The van der Waals surface area contributed by atoms with Crippen LogP contribution in [0.1, 0.15) is 24.5 Å². The number of anilines is 1. The van der Waals surface area contributed by atoms with Crippen molar-refractivity contribution < 1.29 is 8.76 Å². The van der Waals surface area contributed by atoms with Crippen molar-refractivity contribution in [2.45, 2.75) is 32.0 Å². The summed E-state index contributed by atoms with van der Waals surface area (Å²) in [4.78, 5) is 23.1. The van der Waals surface area contributed by atoms with Crippen LogP contribution in [0.2, 0.25) is 5.02 Å². The highest BCUT2D eigenvalue weighted by Gasteiger charge is 2.19. The number of thiol groups is 1. The molecule has 0 aliphatic carbocycles. The van der Waals surface area contributed by atoms with Gasteiger partial charge in [0.2, 0.25) is 5.16 Å². The SMILES string of the molecule is CCC[SH](=O)(O)c1nc(N)c2[nH]c(=O)n(Cc3ccc(Cl)c(C)c3)c2n1. The molecule has 0 saturated heterocycles. The molecule has 0 amide bonds. The second-order valence-corrected chi connectivity index (χ2v) is 8.79. The fraction of sp³-hybridized carbons (Fsp3) is 0.312. The molecule has 10 heteroatoms. The lowest BCUT2D eigenvalue weighted by Gasteiger charge is -2.20. The minimum Gasteiger partial charge on any atom is -0.382 e. The second kappa shape index (κ2) is 6.82. The summed E-state index contributed by atoms with van der Waals surface area (Å²) >= 11 is 6.04. The van der Waals surface area contributed by atoms with Crippen LogP contribution in [-0.4, -0.2) is 34.0 Å². The molecule has 3 rings (SSSR count). The Morgan fingerprint density at radius 2 is 2.12 bits per heavy atom. The predicted molar refractivity (Wildman–Crippen MR) is 103 cm³/mol. The van der Waals surface area contributed by atoms with Crippen LogP contribution in [-0.2, 0) is 16.8 Å². The third-order valence-corrected chi connectivity index (χ3v) is 6.34. The van der Waals surface area contributed by atoms with E-state index in [1.807, 2.05) is 13.0 Å². The fourth-order valence-electron chi connectivity index (χ4n) is 2.73. The first kappa shape index (κ1) is 18.6. The van der Waals surface area contributed by atoms with Gasteiger partial charge in [0.05, 0.1) is 6.54 Å². The van der Waals surface area contributed by atoms with E-state index in [0.717, 1.165) is 11.1 Å². The smallest absolute Gasteiger partial charge is 0.328 e. The Labute approximate surface area is 155 Å². The largest absolute Gasteiger partial charge is 0.382 e. The molecule has 2 aromatic heterocycles. The molecule has 3 aromatic rings.